The normalized spacial score (nSPS) is 13.6. The van der Waals surface area contributed by atoms with E-state index in [1.807, 2.05) is 45.0 Å². The largest absolute Gasteiger partial charge is 0.496 e. The summed E-state index contributed by atoms with van der Waals surface area (Å²) in [4.78, 5) is 25.8. The Morgan fingerprint density at radius 1 is 1.00 bits per heavy atom. The number of ether oxygens (including phenoxy) is 2. The average molecular weight is 523 g/mol. The van der Waals surface area contributed by atoms with Crippen molar-refractivity contribution in [2.75, 3.05) is 23.3 Å². The molecule has 1 atom stereocenters. The molecule has 1 unspecified atom stereocenters. The third-order valence-corrected chi connectivity index (χ3v) is 8.21. The SMILES string of the molecule is COc1ccc(S(=O)(=O)N2CCc3ccccc32)cc1C(=O)OC(C)C(=O)Nc1c(C)cc(C)cc1C. The molecule has 0 fully saturated rings. The molecule has 3 aromatic rings. The number of para-hydroxylation sites is 1. The molecule has 0 bridgehead atoms. The predicted molar refractivity (Wildman–Crippen MR) is 142 cm³/mol. The van der Waals surface area contributed by atoms with Crippen LogP contribution in [-0.2, 0) is 26.0 Å². The maximum Gasteiger partial charge on any atom is 0.342 e. The molecule has 9 heteroatoms. The van der Waals surface area contributed by atoms with E-state index >= 15 is 0 Å². The summed E-state index contributed by atoms with van der Waals surface area (Å²) < 4.78 is 39.0. The summed E-state index contributed by atoms with van der Waals surface area (Å²) in [6, 6.07) is 15.3. The van der Waals surface area contributed by atoms with Gasteiger partial charge in [-0.05, 0) is 75.1 Å². The molecule has 1 aliphatic heterocycles. The Balaban J connectivity index is 1.56. The van der Waals surface area contributed by atoms with Crippen molar-refractivity contribution in [2.24, 2.45) is 0 Å². The lowest BCUT2D eigenvalue weighted by Gasteiger charge is -2.21. The van der Waals surface area contributed by atoms with Crippen molar-refractivity contribution in [2.45, 2.75) is 45.1 Å². The number of amides is 1. The summed E-state index contributed by atoms with van der Waals surface area (Å²) >= 11 is 0. The fraction of sp³-hybridized carbons (Fsp3) is 0.286. The molecule has 1 heterocycles. The van der Waals surface area contributed by atoms with Crippen LogP contribution in [0.15, 0.2) is 59.5 Å². The maximum absolute atomic E-state index is 13.5. The number of esters is 1. The molecule has 8 nitrogen and oxygen atoms in total. The molecule has 0 aromatic heterocycles. The number of anilines is 2. The number of methoxy groups -OCH3 is 1. The number of nitrogens with one attached hydrogen (secondary N) is 1. The first-order valence-electron chi connectivity index (χ1n) is 11.9. The number of fused-ring (bicyclic) bond motifs is 1. The fourth-order valence-electron chi connectivity index (χ4n) is 4.57. The van der Waals surface area contributed by atoms with Gasteiger partial charge in [0.1, 0.15) is 11.3 Å². The van der Waals surface area contributed by atoms with E-state index in [9.17, 15) is 18.0 Å². The molecule has 0 radical (unpaired) electrons. The van der Waals surface area contributed by atoms with Gasteiger partial charge in [0.05, 0.1) is 17.7 Å². The van der Waals surface area contributed by atoms with Gasteiger partial charge < -0.3 is 14.8 Å². The summed E-state index contributed by atoms with van der Waals surface area (Å²) in [5, 5.41) is 2.82. The van der Waals surface area contributed by atoms with Crippen LogP contribution in [0, 0.1) is 20.8 Å². The minimum atomic E-state index is -3.94. The standard InChI is InChI=1S/C28H30N2O6S/c1-17-14-18(2)26(19(3)15-17)29-27(31)20(4)36-28(32)23-16-22(10-11-25(23)35-5)37(33,34)30-13-12-21-8-6-7-9-24(21)30/h6-11,14-16,20H,12-13H2,1-5H3,(H,29,31). The average Bonchev–Trinajstić information content (AvgIpc) is 3.30. The van der Waals surface area contributed by atoms with Crippen molar-refractivity contribution in [1.82, 2.24) is 0 Å². The molecule has 4 rings (SSSR count). The highest BCUT2D eigenvalue weighted by molar-refractivity contribution is 7.92. The van der Waals surface area contributed by atoms with Crippen LogP contribution in [0.4, 0.5) is 11.4 Å². The van der Waals surface area contributed by atoms with E-state index in [2.05, 4.69) is 5.32 Å². The number of rotatable bonds is 7. The molecule has 37 heavy (non-hydrogen) atoms. The zero-order valence-electron chi connectivity index (χ0n) is 21.5. The molecule has 0 aliphatic carbocycles. The van der Waals surface area contributed by atoms with Gasteiger partial charge in [0, 0.05) is 12.2 Å². The molecule has 1 amide bonds. The predicted octanol–water partition coefficient (Wildman–Crippen LogP) is 4.56. The summed E-state index contributed by atoms with van der Waals surface area (Å²) in [5.74, 6) is -1.22. The Morgan fingerprint density at radius 3 is 2.35 bits per heavy atom. The second-order valence-electron chi connectivity index (χ2n) is 9.13. The van der Waals surface area contributed by atoms with Crippen molar-refractivity contribution < 1.29 is 27.5 Å². The minimum absolute atomic E-state index is 0.0695. The van der Waals surface area contributed by atoms with Gasteiger partial charge in [0.25, 0.3) is 15.9 Å². The van der Waals surface area contributed by atoms with Gasteiger partial charge in [-0.3, -0.25) is 9.10 Å². The molecule has 0 spiro atoms. The van der Waals surface area contributed by atoms with Crippen LogP contribution in [0.2, 0.25) is 0 Å². The van der Waals surface area contributed by atoms with Crippen LogP contribution in [0.25, 0.3) is 0 Å². The Labute approximate surface area is 217 Å². The Hall–Kier alpha value is -3.85. The van der Waals surface area contributed by atoms with Crippen LogP contribution >= 0.6 is 0 Å². The van der Waals surface area contributed by atoms with E-state index in [1.54, 1.807) is 12.1 Å². The van der Waals surface area contributed by atoms with Crippen molar-refractivity contribution in [3.8, 4) is 5.75 Å². The van der Waals surface area contributed by atoms with E-state index in [1.165, 1.54) is 36.5 Å². The van der Waals surface area contributed by atoms with Gasteiger partial charge >= 0.3 is 5.97 Å². The van der Waals surface area contributed by atoms with E-state index in [4.69, 9.17) is 9.47 Å². The van der Waals surface area contributed by atoms with Gasteiger partial charge in [-0.25, -0.2) is 13.2 Å². The molecule has 1 aliphatic rings. The summed E-state index contributed by atoms with van der Waals surface area (Å²) in [5.41, 5.74) is 5.01. The highest BCUT2D eigenvalue weighted by Crippen LogP contribution is 2.34. The first-order valence-corrected chi connectivity index (χ1v) is 13.4. The van der Waals surface area contributed by atoms with Crippen LogP contribution < -0.4 is 14.4 Å². The number of aryl methyl sites for hydroxylation is 3. The second-order valence-corrected chi connectivity index (χ2v) is 11.0. The van der Waals surface area contributed by atoms with Crippen molar-refractivity contribution in [3.63, 3.8) is 0 Å². The number of sulfonamides is 1. The minimum Gasteiger partial charge on any atom is -0.496 e. The van der Waals surface area contributed by atoms with E-state index in [0.717, 1.165) is 22.3 Å². The third-order valence-electron chi connectivity index (χ3n) is 6.40. The third kappa shape index (κ3) is 5.17. The lowest BCUT2D eigenvalue weighted by Crippen LogP contribution is -2.31. The Morgan fingerprint density at radius 2 is 1.68 bits per heavy atom. The number of hydrogen-bond acceptors (Lipinski definition) is 6. The van der Waals surface area contributed by atoms with Gasteiger partial charge in [-0.1, -0.05) is 35.9 Å². The summed E-state index contributed by atoms with van der Waals surface area (Å²) in [6.45, 7) is 7.52. The molecular weight excluding hydrogens is 492 g/mol. The van der Waals surface area contributed by atoms with Crippen molar-refractivity contribution in [3.05, 3.63) is 82.4 Å². The second kappa shape index (κ2) is 10.3. The Bertz CT molecular complexity index is 1460. The first kappa shape index (κ1) is 26.2. The molecule has 3 aromatic carbocycles. The van der Waals surface area contributed by atoms with Crippen LogP contribution in [0.1, 0.15) is 39.5 Å². The number of carbonyl (C=O) groups excluding carboxylic acids is 2. The van der Waals surface area contributed by atoms with Crippen LogP contribution in [-0.4, -0.2) is 40.1 Å². The number of carbonyl (C=O) groups is 2. The topological polar surface area (TPSA) is 102 Å². The first-order chi connectivity index (χ1) is 17.5. The van der Waals surface area contributed by atoms with Gasteiger partial charge in [-0.15, -0.1) is 0 Å². The number of hydrogen-bond donors (Lipinski definition) is 1. The van der Waals surface area contributed by atoms with Gasteiger partial charge in [0.2, 0.25) is 0 Å². The lowest BCUT2D eigenvalue weighted by molar-refractivity contribution is -0.123. The lowest BCUT2D eigenvalue weighted by atomic mass is 10.0. The van der Waals surface area contributed by atoms with Crippen LogP contribution in [0.5, 0.6) is 5.75 Å². The van der Waals surface area contributed by atoms with E-state index in [-0.39, 0.29) is 16.2 Å². The number of nitrogens with zero attached hydrogens (tertiary/aromatic N) is 1. The zero-order valence-corrected chi connectivity index (χ0v) is 22.3. The highest BCUT2D eigenvalue weighted by Gasteiger charge is 2.32. The quantitative estimate of drug-likeness (QED) is 0.457. The van der Waals surface area contributed by atoms with Gasteiger partial charge in [0.15, 0.2) is 6.10 Å². The molecule has 1 N–H and O–H groups in total. The van der Waals surface area contributed by atoms with Gasteiger partial charge in [-0.2, -0.15) is 0 Å². The molecule has 0 saturated heterocycles. The Kier molecular flexibility index (Phi) is 7.27. The van der Waals surface area contributed by atoms with E-state index in [0.29, 0.717) is 24.3 Å². The summed E-state index contributed by atoms with van der Waals surface area (Å²) in [6.07, 6.45) is -0.532. The fourth-order valence-corrected chi connectivity index (χ4v) is 6.10. The smallest absolute Gasteiger partial charge is 0.342 e. The zero-order chi connectivity index (χ0) is 26.9. The molecule has 0 saturated carbocycles. The highest BCUT2D eigenvalue weighted by atomic mass is 32.2. The summed E-state index contributed by atoms with van der Waals surface area (Å²) in [7, 11) is -2.57. The van der Waals surface area contributed by atoms with Crippen molar-refractivity contribution in [1.29, 1.82) is 0 Å². The molecular formula is C28H30N2O6S. The maximum atomic E-state index is 13.5. The van der Waals surface area contributed by atoms with Crippen LogP contribution in [0.3, 0.4) is 0 Å². The van der Waals surface area contributed by atoms with E-state index < -0.39 is 28.0 Å². The number of benzene rings is 3. The van der Waals surface area contributed by atoms with Crippen molar-refractivity contribution >= 4 is 33.3 Å². The molecule has 194 valence electrons. The monoisotopic (exact) mass is 522 g/mol.